The zero-order valence-corrected chi connectivity index (χ0v) is 13.8. The molecule has 1 aromatic heterocycles. The maximum Gasteiger partial charge on any atom is 0.113 e. The molecule has 0 saturated heterocycles. The maximum absolute atomic E-state index is 5.38. The van der Waals surface area contributed by atoms with Crippen LogP contribution in [0.15, 0.2) is 47.1 Å². The predicted molar refractivity (Wildman–Crippen MR) is 91.7 cm³/mol. The first kappa shape index (κ1) is 16.2. The van der Waals surface area contributed by atoms with Crippen LogP contribution < -0.4 is 5.32 Å². The van der Waals surface area contributed by atoms with E-state index in [1.54, 1.807) is 6.26 Å². The smallest absolute Gasteiger partial charge is 0.113 e. The first-order valence-electron chi connectivity index (χ1n) is 7.75. The standard InChI is InChI=1S/C18H25NOS/c1-3-6-15-8-10-16(11-9-15)18(19-4-2)14-21-13-17-7-5-12-20-17/h5,7-12,18-19H,3-4,6,13-14H2,1-2H3. The number of aryl methyl sites for hydroxylation is 1. The first-order valence-corrected chi connectivity index (χ1v) is 8.91. The fourth-order valence-corrected chi connectivity index (χ4v) is 3.43. The molecule has 0 bridgehead atoms. The van der Waals surface area contributed by atoms with Gasteiger partial charge in [-0.1, -0.05) is 44.5 Å². The van der Waals surface area contributed by atoms with E-state index < -0.39 is 0 Å². The summed E-state index contributed by atoms with van der Waals surface area (Å²) < 4.78 is 5.38. The molecule has 0 fully saturated rings. The topological polar surface area (TPSA) is 25.2 Å². The van der Waals surface area contributed by atoms with Gasteiger partial charge in [0.2, 0.25) is 0 Å². The van der Waals surface area contributed by atoms with E-state index in [0.29, 0.717) is 6.04 Å². The van der Waals surface area contributed by atoms with Gasteiger partial charge in [0.15, 0.2) is 0 Å². The van der Waals surface area contributed by atoms with E-state index in [4.69, 9.17) is 4.42 Å². The molecule has 1 N–H and O–H groups in total. The van der Waals surface area contributed by atoms with Crippen molar-refractivity contribution in [2.75, 3.05) is 12.3 Å². The van der Waals surface area contributed by atoms with Gasteiger partial charge in [-0.15, -0.1) is 0 Å². The average molecular weight is 303 g/mol. The fraction of sp³-hybridized carbons (Fsp3) is 0.444. The Morgan fingerprint density at radius 1 is 1.14 bits per heavy atom. The molecule has 2 rings (SSSR count). The summed E-state index contributed by atoms with van der Waals surface area (Å²) >= 11 is 1.91. The Morgan fingerprint density at radius 2 is 1.95 bits per heavy atom. The van der Waals surface area contributed by atoms with Crippen molar-refractivity contribution in [2.24, 2.45) is 0 Å². The Kier molecular flexibility index (Phi) is 6.90. The summed E-state index contributed by atoms with van der Waals surface area (Å²) in [6, 6.07) is 13.5. The van der Waals surface area contributed by atoms with Crippen LogP contribution >= 0.6 is 11.8 Å². The van der Waals surface area contributed by atoms with Crippen molar-refractivity contribution in [1.29, 1.82) is 0 Å². The second-order valence-electron chi connectivity index (χ2n) is 5.20. The van der Waals surface area contributed by atoms with Crippen LogP contribution in [0.2, 0.25) is 0 Å². The van der Waals surface area contributed by atoms with E-state index in [2.05, 4.69) is 43.4 Å². The number of thioether (sulfide) groups is 1. The highest BCUT2D eigenvalue weighted by atomic mass is 32.2. The molecule has 114 valence electrons. The summed E-state index contributed by atoms with van der Waals surface area (Å²) in [4.78, 5) is 0. The highest BCUT2D eigenvalue weighted by Crippen LogP contribution is 2.22. The van der Waals surface area contributed by atoms with Gasteiger partial charge in [0, 0.05) is 11.8 Å². The molecule has 0 radical (unpaired) electrons. The van der Waals surface area contributed by atoms with Gasteiger partial charge < -0.3 is 9.73 Å². The minimum absolute atomic E-state index is 0.408. The van der Waals surface area contributed by atoms with Gasteiger partial charge in [-0.2, -0.15) is 11.8 Å². The lowest BCUT2D eigenvalue weighted by Crippen LogP contribution is -2.23. The van der Waals surface area contributed by atoms with Crippen LogP contribution in [0.1, 0.15) is 43.2 Å². The van der Waals surface area contributed by atoms with Crippen LogP contribution in [0, 0.1) is 0 Å². The summed E-state index contributed by atoms with van der Waals surface area (Å²) in [6.07, 6.45) is 4.11. The third-order valence-electron chi connectivity index (χ3n) is 3.48. The molecule has 0 aliphatic carbocycles. The van der Waals surface area contributed by atoms with Gasteiger partial charge in [-0.25, -0.2) is 0 Å². The van der Waals surface area contributed by atoms with E-state index in [1.165, 1.54) is 24.0 Å². The van der Waals surface area contributed by atoms with Crippen molar-refractivity contribution in [3.05, 3.63) is 59.5 Å². The second kappa shape index (κ2) is 8.96. The molecule has 1 atom stereocenters. The van der Waals surface area contributed by atoms with Crippen LogP contribution in [0.25, 0.3) is 0 Å². The van der Waals surface area contributed by atoms with E-state index in [-0.39, 0.29) is 0 Å². The van der Waals surface area contributed by atoms with Crippen molar-refractivity contribution in [3.63, 3.8) is 0 Å². The normalized spacial score (nSPS) is 12.5. The molecule has 1 aromatic carbocycles. The Morgan fingerprint density at radius 3 is 2.57 bits per heavy atom. The molecule has 0 amide bonds. The van der Waals surface area contributed by atoms with Crippen LogP contribution in [0.5, 0.6) is 0 Å². The summed E-state index contributed by atoms with van der Waals surface area (Å²) in [5.74, 6) is 3.04. The number of hydrogen-bond donors (Lipinski definition) is 1. The zero-order chi connectivity index (χ0) is 14.9. The van der Waals surface area contributed by atoms with Crippen LogP contribution in [0.3, 0.4) is 0 Å². The number of nitrogens with one attached hydrogen (secondary N) is 1. The summed E-state index contributed by atoms with van der Waals surface area (Å²) in [5, 5.41) is 3.58. The van der Waals surface area contributed by atoms with Crippen molar-refractivity contribution in [1.82, 2.24) is 5.32 Å². The Balaban J connectivity index is 1.90. The van der Waals surface area contributed by atoms with Crippen molar-refractivity contribution in [2.45, 2.75) is 38.5 Å². The van der Waals surface area contributed by atoms with E-state index >= 15 is 0 Å². The minimum Gasteiger partial charge on any atom is -0.468 e. The van der Waals surface area contributed by atoms with Gasteiger partial charge in [0.25, 0.3) is 0 Å². The Bertz CT molecular complexity index is 492. The molecular weight excluding hydrogens is 278 g/mol. The van der Waals surface area contributed by atoms with Gasteiger partial charge >= 0.3 is 0 Å². The van der Waals surface area contributed by atoms with E-state index in [9.17, 15) is 0 Å². The highest BCUT2D eigenvalue weighted by Gasteiger charge is 2.10. The van der Waals surface area contributed by atoms with Gasteiger partial charge in [0.1, 0.15) is 5.76 Å². The molecular formula is C18H25NOS. The minimum atomic E-state index is 0.408. The maximum atomic E-state index is 5.38. The lowest BCUT2D eigenvalue weighted by Gasteiger charge is -2.18. The molecule has 0 aliphatic heterocycles. The lowest BCUT2D eigenvalue weighted by atomic mass is 10.0. The van der Waals surface area contributed by atoms with Gasteiger partial charge in [0.05, 0.1) is 12.0 Å². The molecule has 2 nitrogen and oxygen atoms in total. The third kappa shape index (κ3) is 5.25. The number of furan rings is 1. The van der Waals surface area contributed by atoms with Gasteiger partial charge in [-0.05, 0) is 36.2 Å². The molecule has 21 heavy (non-hydrogen) atoms. The Hall–Kier alpha value is -1.19. The van der Waals surface area contributed by atoms with Gasteiger partial charge in [-0.3, -0.25) is 0 Å². The summed E-state index contributed by atoms with van der Waals surface area (Å²) in [5.41, 5.74) is 2.81. The van der Waals surface area contributed by atoms with Crippen molar-refractivity contribution >= 4 is 11.8 Å². The number of rotatable bonds is 9. The van der Waals surface area contributed by atoms with Crippen LogP contribution in [-0.4, -0.2) is 12.3 Å². The van der Waals surface area contributed by atoms with Crippen molar-refractivity contribution < 1.29 is 4.42 Å². The molecule has 2 aromatic rings. The fourth-order valence-electron chi connectivity index (χ4n) is 2.40. The Labute approximate surface area is 132 Å². The zero-order valence-electron chi connectivity index (χ0n) is 13.0. The largest absolute Gasteiger partial charge is 0.468 e. The molecule has 0 spiro atoms. The average Bonchev–Trinajstić information content (AvgIpc) is 3.01. The summed E-state index contributed by atoms with van der Waals surface area (Å²) in [7, 11) is 0. The molecule has 3 heteroatoms. The highest BCUT2D eigenvalue weighted by molar-refractivity contribution is 7.98. The van der Waals surface area contributed by atoms with E-state index in [1.807, 2.05) is 23.9 Å². The third-order valence-corrected chi connectivity index (χ3v) is 4.54. The molecule has 0 aliphatic rings. The SMILES string of the molecule is CCCc1ccc(C(CSCc2ccco2)NCC)cc1. The molecule has 1 unspecified atom stereocenters. The second-order valence-corrected chi connectivity index (χ2v) is 6.23. The van der Waals surface area contributed by atoms with Crippen LogP contribution in [-0.2, 0) is 12.2 Å². The lowest BCUT2D eigenvalue weighted by molar-refractivity contribution is 0.530. The molecule has 0 saturated carbocycles. The van der Waals surface area contributed by atoms with Crippen molar-refractivity contribution in [3.8, 4) is 0 Å². The number of hydrogen-bond acceptors (Lipinski definition) is 3. The van der Waals surface area contributed by atoms with Crippen LogP contribution in [0.4, 0.5) is 0 Å². The number of benzene rings is 1. The first-order chi connectivity index (χ1) is 10.3. The quantitative estimate of drug-likeness (QED) is 0.719. The van der Waals surface area contributed by atoms with E-state index in [0.717, 1.165) is 23.8 Å². The molecule has 1 heterocycles. The monoisotopic (exact) mass is 303 g/mol. The predicted octanol–water partition coefficient (Wildman–Crippen LogP) is 4.82. The summed E-state index contributed by atoms with van der Waals surface area (Å²) in [6.45, 7) is 5.37.